The zero-order chi connectivity index (χ0) is 34.0. The summed E-state index contributed by atoms with van der Waals surface area (Å²) in [6, 6.07) is 18.0. The standard InChI is InChI=1S/C34H31Cl3IN3O6/c1-34(20-42,33(43)44)41-17-24-12-27(35)30(13-29(24)46-18-22-11-21(14-39)15-40-16-22)47-19-23-5-2-6-25(31(23)36)26-7-3-8-28(32(26)37)45-10-4-9-38/h2-3,5-8,11-13,15-16,41-42H,4,9-10,17-20H2,1H3,(H,43,44). The van der Waals surface area contributed by atoms with Crippen LogP contribution in [0.1, 0.15) is 35.6 Å². The molecule has 0 aliphatic carbocycles. The molecule has 0 aliphatic rings. The van der Waals surface area contributed by atoms with Gasteiger partial charge in [0, 0.05) is 57.2 Å². The Morgan fingerprint density at radius 3 is 2.38 bits per heavy atom. The lowest BCUT2D eigenvalue weighted by atomic mass is 10.0. The number of carboxylic acids is 1. The topological polar surface area (TPSA) is 134 Å². The lowest BCUT2D eigenvalue weighted by molar-refractivity contribution is -0.145. The minimum Gasteiger partial charge on any atom is -0.492 e. The highest BCUT2D eigenvalue weighted by Crippen LogP contribution is 2.40. The first-order valence-corrected chi connectivity index (χ1v) is 17.0. The summed E-state index contributed by atoms with van der Waals surface area (Å²) in [5.74, 6) is 0.000705. The van der Waals surface area contributed by atoms with Crippen LogP contribution < -0.4 is 19.5 Å². The molecular formula is C34H31Cl3IN3O6. The van der Waals surface area contributed by atoms with Crippen LogP contribution in [-0.4, -0.2) is 44.3 Å². The number of aromatic nitrogens is 1. The minimum atomic E-state index is -1.60. The van der Waals surface area contributed by atoms with Gasteiger partial charge in [-0.3, -0.25) is 15.1 Å². The predicted octanol–water partition coefficient (Wildman–Crippen LogP) is 7.87. The number of aliphatic carboxylic acids is 1. The maximum absolute atomic E-state index is 11.7. The van der Waals surface area contributed by atoms with Gasteiger partial charge in [-0.2, -0.15) is 5.26 Å². The molecule has 9 nitrogen and oxygen atoms in total. The number of benzene rings is 3. The third-order valence-electron chi connectivity index (χ3n) is 7.14. The Kier molecular flexibility index (Phi) is 13.4. The van der Waals surface area contributed by atoms with E-state index >= 15 is 0 Å². The molecule has 1 heterocycles. The van der Waals surface area contributed by atoms with Gasteiger partial charge in [-0.15, -0.1) is 0 Å². The summed E-state index contributed by atoms with van der Waals surface area (Å²) in [5, 5.41) is 32.5. The van der Waals surface area contributed by atoms with Crippen LogP contribution in [0.15, 0.2) is 67.0 Å². The van der Waals surface area contributed by atoms with Crippen LogP contribution in [0, 0.1) is 11.3 Å². The molecule has 1 atom stereocenters. The summed E-state index contributed by atoms with van der Waals surface area (Å²) in [7, 11) is 0. The molecular weight excluding hydrogens is 780 g/mol. The van der Waals surface area contributed by atoms with Crippen molar-refractivity contribution in [1.82, 2.24) is 10.3 Å². The summed E-state index contributed by atoms with van der Waals surface area (Å²) in [4.78, 5) is 15.8. The number of carboxylic acid groups (broad SMARTS) is 1. The van der Waals surface area contributed by atoms with Crippen LogP contribution in [0.25, 0.3) is 11.1 Å². The third kappa shape index (κ3) is 9.41. The second-order valence-corrected chi connectivity index (χ2v) is 12.8. The molecule has 0 radical (unpaired) electrons. The number of nitriles is 1. The van der Waals surface area contributed by atoms with Crippen LogP contribution in [0.4, 0.5) is 0 Å². The second kappa shape index (κ2) is 17.2. The van der Waals surface area contributed by atoms with E-state index in [1.807, 2.05) is 42.5 Å². The number of nitrogens with one attached hydrogen (secondary N) is 1. The number of nitrogens with zero attached hydrogens (tertiary/aromatic N) is 2. The summed E-state index contributed by atoms with van der Waals surface area (Å²) in [6.45, 7) is 1.41. The molecule has 0 aliphatic heterocycles. The molecule has 0 bridgehead atoms. The molecule has 47 heavy (non-hydrogen) atoms. The molecule has 0 fully saturated rings. The number of hydrogen-bond donors (Lipinski definition) is 3. The molecule has 0 amide bonds. The Hall–Kier alpha value is -3.31. The van der Waals surface area contributed by atoms with Gasteiger partial charge >= 0.3 is 5.97 Å². The van der Waals surface area contributed by atoms with Crippen molar-refractivity contribution >= 4 is 63.4 Å². The smallest absolute Gasteiger partial charge is 0.326 e. The van der Waals surface area contributed by atoms with Gasteiger partial charge in [-0.1, -0.05) is 87.7 Å². The van der Waals surface area contributed by atoms with E-state index in [0.29, 0.717) is 61.7 Å². The predicted molar refractivity (Wildman–Crippen MR) is 190 cm³/mol. The number of alkyl halides is 1. The highest BCUT2D eigenvalue weighted by Gasteiger charge is 2.32. The number of halogens is 4. The van der Waals surface area contributed by atoms with Crippen LogP contribution in [-0.2, 0) is 24.6 Å². The second-order valence-electron chi connectivity index (χ2n) is 10.6. The Morgan fingerprint density at radius 1 is 0.957 bits per heavy atom. The Balaban J connectivity index is 1.60. The van der Waals surface area contributed by atoms with Gasteiger partial charge in [0.1, 0.15) is 42.1 Å². The summed E-state index contributed by atoms with van der Waals surface area (Å²) in [6.07, 6.45) is 3.92. The van der Waals surface area contributed by atoms with E-state index in [4.69, 9.17) is 49.0 Å². The number of pyridine rings is 1. The summed E-state index contributed by atoms with van der Waals surface area (Å²) >= 11 is 22.5. The van der Waals surface area contributed by atoms with E-state index < -0.39 is 18.1 Å². The molecule has 4 rings (SSSR count). The van der Waals surface area contributed by atoms with E-state index in [2.05, 4.69) is 32.9 Å². The van der Waals surface area contributed by atoms with Crippen molar-refractivity contribution in [3.63, 3.8) is 0 Å². The molecule has 4 aromatic rings. The minimum absolute atomic E-state index is 0.00462. The molecule has 3 N–H and O–H groups in total. The summed E-state index contributed by atoms with van der Waals surface area (Å²) < 4.78 is 19.1. The zero-order valence-electron chi connectivity index (χ0n) is 25.2. The lowest BCUT2D eigenvalue weighted by Crippen LogP contribution is -2.52. The molecule has 0 saturated heterocycles. The highest BCUT2D eigenvalue weighted by molar-refractivity contribution is 14.1. The van der Waals surface area contributed by atoms with E-state index in [1.54, 1.807) is 24.4 Å². The van der Waals surface area contributed by atoms with Crippen molar-refractivity contribution in [2.24, 2.45) is 0 Å². The van der Waals surface area contributed by atoms with Crippen LogP contribution in [0.3, 0.4) is 0 Å². The average Bonchev–Trinajstić information content (AvgIpc) is 3.07. The van der Waals surface area contributed by atoms with Crippen molar-refractivity contribution < 1.29 is 29.2 Å². The first-order chi connectivity index (χ1) is 22.6. The van der Waals surface area contributed by atoms with Gasteiger partial charge in [0.05, 0.1) is 33.8 Å². The number of aliphatic hydroxyl groups excluding tert-OH is 1. The highest BCUT2D eigenvalue weighted by atomic mass is 127. The number of hydrogen-bond acceptors (Lipinski definition) is 8. The van der Waals surface area contributed by atoms with Crippen molar-refractivity contribution in [3.8, 4) is 34.4 Å². The van der Waals surface area contributed by atoms with Gasteiger partial charge in [0.15, 0.2) is 0 Å². The molecule has 0 spiro atoms. The molecule has 246 valence electrons. The fraction of sp³-hybridized carbons (Fsp3) is 0.265. The van der Waals surface area contributed by atoms with Gasteiger partial charge in [0.2, 0.25) is 0 Å². The summed E-state index contributed by atoms with van der Waals surface area (Å²) in [5.41, 5.74) is 2.06. The normalized spacial score (nSPS) is 12.2. The number of ether oxygens (including phenoxy) is 3. The molecule has 1 aromatic heterocycles. The maximum atomic E-state index is 11.7. The van der Waals surface area contributed by atoms with Crippen molar-refractivity contribution in [3.05, 3.63) is 104 Å². The van der Waals surface area contributed by atoms with Gasteiger partial charge in [-0.05, 0) is 31.5 Å². The molecule has 3 aromatic carbocycles. The van der Waals surface area contributed by atoms with Crippen LogP contribution in [0.2, 0.25) is 15.1 Å². The average molecular weight is 811 g/mol. The number of aliphatic hydroxyl groups is 1. The van der Waals surface area contributed by atoms with Gasteiger partial charge < -0.3 is 24.4 Å². The first kappa shape index (κ1) is 36.5. The molecule has 13 heteroatoms. The number of carbonyl (C=O) groups is 1. The molecule has 1 unspecified atom stereocenters. The monoisotopic (exact) mass is 809 g/mol. The maximum Gasteiger partial charge on any atom is 0.326 e. The van der Waals surface area contributed by atoms with Crippen molar-refractivity contribution in [2.75, 3.05) is 17.6 Å². The van der Waals surface area contributed by atoms with Gasteiger partial charge in [0.25, 0.3) is 0 Å². The Morgan fingerprint density at radius 2 is 1.68 bits per heavy atom. The van der Waals surface area contributed by atoms with E-state index in [0.717, 1.165) is 16.4 Å². The Bertz CT molecular complexity index is 1770. The SMILES string of the molecule is CC(CO)(NCc1cc(Cl)c(OCc2cccc(-c3cccc(OCCCI)c3Cl)c2Cl)cc1OCc1cncc(C#N)c1)C(=O)O. The van der Waals surface area contributed by atoms with Crippen molar-refractivity contribution in [2.45, 2.75) is 38.6 Å². The van der Waals surface area contributed by atoms with Crippen LogP contribution >= 0.6 is 57.4 Å². The van der Waals surface area contributed by atoms with Crippen LogP contribution in [0.5, 0.6) is 17.2 Å². The third-order valence-corrected chi connectivity index (χ3v) is 9.04. The number of rotatable bonds is 16. The van der Waals surface area contributed by atoms with Gasteiger partial charge in [-0.25, -0.2) is 0 Å². The van der Waals surface area contributed by atoms with E-state index in [-0.39, 0.29) is 24.8 Å². The quantitative estimate of drug-likeness (QED) is 0.0588. The zero-order valence-corrected chi connectivity index (χ0v) is 29.7. The Labute approximate surface area is 301 Å². The fourth-order valence-electron chi connectivity index (χ4n) is 4.36. The first-order valence-electron chi connectivity index (χ1n) is 14.4. The molecule has 0 saturated carbocycles. The largest absolute Gasteiger partial charge is 0.492 e. The lowest BCUT2D eigenvalue weighted by Gasteiger charge is -2.25. The van der Waals surface area contributed by atoms with Crippen molar-refractivity contribution in [1.29, 1.82) is 5.26 Å². The van der Waals surface area contributed by atoms with E-state index in [1.165, 1.54) is 13.1 Å². The fourth-order valence-corrected chi connectivity index (χ4v) is 5.48. The van der Waals surface area contributed by atoms with E-state index in [9.17, 15) is 20.3 Å².